The Morgan fingerprint density at radius 1 is 1.24 bits per heavy atom. The van der Waals surface area contributed by atoms with Crippen LogP contribution in [-0.2, 0) is 0 Å². The minimum absolute atomic E-state index is 0.0923. The zero-order chi connectivity index (χ0) is 24.0. The Morgan fingerprint density at radius 2 is 2.03 bits per heavy atom. The third-order valence-corrected chi connectivity index (χ3v) is 5.94. The summed E-state index contributed by atoms with van der Waals surface area (Å²) in [6.45, 7) is 5.81. The van der Waals surface area contributed by atoms with Gasteiger partial charge in [0.05, 0.1) is 29.0 Å². The summed E-state index contributed by atoms with van der Waals surface area (Å²) < 4.78 is 18.5. The van der Waals surface area contributed by atoms with Crippen molar-refractivity contribution in [1.82, 2.24) is 29.3 Å². The van der Waals surface area contributed by atoms with Gasteiger partial charge in [-0.25, -0.2) is 14.4 Å². The van der Waals surface area contributed by atoms with Crippen molar-refractivity contribution in [3.05, 3.63) is 65.8 Å². The van der Waals surface area contributed by atoms with Crippen molar-refractivity contribution in [3.8, 4) is 17.2 Å². The molecule has 5 rings (SSSR count). The Hall–Kier alpha value is -4.08. The first-order valence-corrected chi connectivity index (χ1v) is 11.1. The average molecular weight is 461 g/mol. The summed E-state index contributed by atoms with van der Waals surface area (Å²) in [5.41, 5.74) is 9.24. The first kappa shape index (κ1) is 21.7. The van der Waals surface area contributed by atoms with Crippen LogP contribution in [0.2, 0.25) is 0 Å². The van der Waals surface area contributed by atoms with Crippen LogP contribution >= 0.6 is 0 Å². The van der Waals surface area contributed by atoms with E-state index in [0.717, 1.165) is 18.5 Å². The van der Waals surface area contributed by atoms with Crippen LogP contribution in [-0.4, -0.2) is 35.2 Å². The lowest BCUT2D eigenvalue weighted by molar-refractivity contribution is 0.102. The van der Waals surface area contributed by atoms with Crippen molar-refractivity contribution in [2.24, 2.45) is 0 Å². The van der Waals surface area contributed by atoms with Crippen molar-refractivity contribution in [2.45, 2.75) is 45.6 Å². The molecule has 0 spiro atoms. The van der Waals surface area contributed by atoms with Crippen LogP contribution in [0, 0.1) is 12.7 Å². The topological polar surface area (TPSA) is 117 Å². The monoisotopic (exact) mass is 460 g/mol. The Labute approximate surface area is 195 Å². The van der Waals surface area contributed by atoms with Gasteiger partial charge in [0.15, 0.2) is 5.82 Å². The number of benzene rings is 1. The van der Waals surface area contributed by atoms with Gasteiger partial charge in [-0.1, -0.05) is 0 Å². The lowest BCUT2D eigenvalue weighted by Gasteiger charge is -2.13. The predicted octanol–water partition coefficient (Wildman–Crippen LogP) is 4.27. The number of aryl methyl sites for hydroxylation is 1. The number of aromatic nitrogens is 6. The standard InChI is InChI=1S/C24H25FN8O/c1-13(2)33-12-28-31-23(33)19-7-6-18(22(26)29-19)30-24(34)16-9-21(14(3)8-17(16)25)32-10-20(27-11-32)15-4-5-15/h6-13,15H,4-5H2,1-3H3,(H2,26,29)(H,30,34). The van der Waals surface area contributed by atoms with Gasteiger partial charge in [-0.15, -0.1) is 10.2 Å². The molecule has 10 heteroatoms. The fraction of sp³-hybridized carbons (Fsp3) is 0.292. The molecule has 0 atom stereocenters. The molecule has 3 N–H and O–H groups in total. The molecule has 0 bridgehead atoms. The molecule has 3 heterocycles. The highest BCUT2D eigenvalue weighted by molar-refractivity contribution is 6.06. The summed E-state index contributed by atoms with van der Waals surface area (Å²) in [5, 5.41) is 10.7. The molecule has 34 heavy (non-hydrogen) atoms. The molecule has 1 amide bonds. The number of amides is 1. The van der Waals surface area contributed by atoms with Crippen molar-refractivity contribution in [1.29, 1.82) is 0 Å². The van der Waals surface area contributed by atoms with Gasteiger partial charge in [0, 0.05) is 18.2 Å². The van der Waals surface area contributed by atoms with E-state index in [1.54, 1.807) is 31.7 Å². The largest absolute Gasteiger partial charge is 0.382 e. The first-order valence-electron chi connectivity index (χ1n) is 11.1. The number of nitrogens with two attached hydrogens (primary N) is 1. The molecule has 1 saturated carbocycles. The minimum Gasteiger partial charge on any atom is -0.382 e. The predicted molar refractivity (Wildman–Crippen MR) is 126 cm³/mol. The molecule has 0 unspecified atom stereocenters. The second kappa shape index (κ2) is 8.36. The number of anilines is 2. The van der Waals surface area contributed by atoms with Gasteiger partial charge < -0.3 is 20.2 Å². The third-order valence-electron chi connectivity index (χ3n) is 5.94. The number of carbonyl (C=O) groups excluding carboxylic acids is 1. The maximum absolute atomic E-state index is 14.8. The Morgan fingerprint density at radius 3 is 2.74 bits per heavy atom. The van der Waals surface area contributed by atoms with E-state index in [1.165, 1.54) is 12.1 Å². The number of rotatable bonds is 6. The fourth-order valence-corrected chi connectivity index (χ4v) is 3.87. The summed E-state index contributed by atoms with van der Waals surface area (Å²) in [6.07, 6.45) is 7.54. The number of halogens is 1. The van der Waals surface area contributed by atoms with Gasteiger partial charge in [0.1, 0.15) is 23.7 Å². The van der Waals surface area contributed by atoms with Crippen molar-refractivity contribution < 1.29 is 9.18 Å². The maximum atomic E-state index is 14.8. The van der Waals surface area contributed by atoms with Crippen LogP contribution < -0.4 is 11.1 Å². The lowest BCUT2D eigenvalue weighted by atomic mass is 10.1. The molecule has 3 aromatic heterocycles. The number of pyridine rings is 1. The van der Waals surface area contributed by atoms with Gasteiger partial charge in [0.2, 0.25) is 0 Å². The van der Waals surface area contributed by atoms with Gasteiger partial charge in [-0.05, 0) is 63.4 Å². The quantitative estimate of drug-likeness (QED) is 0.444. The van der Waals surface area contributed by atoms with E-state index in [2.05, 4.69) is 25.5 Å². The molecule has 0 saturated heterocycles. The van der Waals surface area contributed by atoms with E-state index in [1.807, 2.05) is 29.2 Å². The van der Waals surface area contributed by atoms with E-state index in [-0.39, 0.29) is 23.1 Å². The van der Waals surface area contributed by atoms with Crippen LogP contribution in [0.4, 0.5) is 15.9 Å². The van der Waals surface area contributed by atoms with Crippen molar-refractivity contribution in [3.63, 3.8) is 0 Å². The van der Waals surface area contributed by atoms with E-state index in [4.69, 9.17) is 5.73 Å². The number of carbonyl (C=O) groups is 1. The van der Waals surface area contributed by atoms with Gasteiger partial charge in [-0.3, -0.25) is 4.79 Å². The SMILES string of the molecule is Cc1cc(F)c(C(=O)Nc2ccc(-c3nncn3C(C)C)nc2N)cc1-n1cnc(C2CC2)c1. The van der Waals surface area contributed by atoms with Crippen molar-refractivity contribution in [2.75, 3.05) is 11.1 Å². The zero-order valence-electron chi connectivity index (χ0n) is 19.2. The number of nitrogens with zero attached hydrogens (tertiary/aromatic N) is 6. The van der Waals surface area contributed by atoms with Crippen LogP contribution in [0.25, 0.3) is 17.2 Å². The van der Waals surface area contributed by atoms with Crippen LogP contribution in [0.5, 0.6) is 0 Å². The van der Waals surface area contributed by atoms with Crippen molar-refractivity contribution >= 4 is 17.4 Å². The minimum atomic E-state index is -0.618. The second-order valence-electron chi connectivity index (χ2n) is 8.84. The molecule has 0 aliphatic heterocycles. The molecule has 1 fully saturated rings. The average Bonchev–Trinajstić information content (AvgIpc) is 3.31. The molecule has 174 valence electrons. The van der Waals surface area contributed by atoms with E-state index < -0.39 is 11.7 Å². The van der Waals surface area contributed by atoms with Crippen LogP contribution in [0.1, 0.15) is 60.3 Å². The van der Waals surface area contributed by atoms with Crippen LogP contribution in [0.15, 0.2) is 43.1 Å². The lowest BCUT2D eigenvalue weighted by Crippen LogP contribution is -2.16. The third kappa shape index (κ3) is 4.02. The molecule has 1 aliphatic rings. The molecule has 4 aromatic rings. The molecular formula is C24H25FN8O. The summed E-state index contributed by atoms with van der Waals surface area (Å²) in [7, 11) is 0. The highest BCUT2D eigenvalue weighted by atomic mass is 19.1. The number of nitrogens with one attached hydrogen (secondary N) is 1. The van der Waals surface area contributed by atoms with Crippen LogP contribution in [0.3, 0.4) is 0 Å². The molecule has 9 nitrogen and oxygen atoms in total. The Bertz CT molecular complexity index is 1390. The van der Waals surface area contributed by atoms with E-state index in [0.29, 0.717) is 28.7 Å². The van der Waals surface area contributed by atoms with E-state index in [9.17, 15) is 9.18 Å². The summed E-state index contributed by atoms with van der Waals surface area (Å²) in [6, 6.07) is 6.34. The molecule has 0 radical (unpaired) electrons. The summed E-state index contributed by atoms with van der Waals surface area (Å²) in [4.78, 5) is 21.8. The number of hydrogen-bond donors (Lipinski definition) is 2. The Kier molecular flexibility index (Phi) is 5.35. The smallest absolute Gasteiger partial charge is 0.258 e. The van der Waals surface area contributed by atoms with E-state index >= 15 is 0 Å². The summed E-state index contributed by atoms with van der Waals surface area (Å²) in [5.74, 6) is -0.0692. The Balaban J connectivity index is 1.41. The highest BCUT2D eigenvalue weighted by Crippen LogP contribution is 2.39. The second-order valence-corrected chi connectivity index (χ2v) is 8.84. The number of nitrogen functional groups attached to an aromatic ring is 1. The van der Waals surface area contributed by atoms with Gasteiger partial charge in [-0.2, -0.15) is 0 Å². The molecule has 1 aromatic carbocycles. The number of hydrogen-bond acceptors (Lipinski definition) is 6. The highest BCUT2D eigenvalue weighted by Gasteiger charge is 2.26. The first-order chi connectivity index (χ1) is 16.3. The van der Waals surface area contributed by atoms with Gasteiger partial charge in [0.25, 0.3) is 5.91 Å². The molecule has 1 aliphatic carbocycles. The maximum Gasteiger partial charge on any atom is 0.258 e. The zero-order valence-corrected chi connectivity index (χ0v) is 19.2. The normalized spacial score (nSPS) is 13.4. The van der Waals surface area contributed by atoms with Gasteiger partial charge >= 0.3 is 0 Å². The molecular weight excluding hydrogens is 435 g/mol. The fourth-order valence-electron chi connectivity index (χ4n) is 3.87. The summed E-state index contributed by atoms with van der Waals surface area (Å²) >= 11 is 0. The number of imidazole rings is 1.